The van der Waals surface area contributed by atoms with Crippen molar-refractivity contribution in [3.8, 4) is 5.75 Å². The number of hydrogen-bond acceptors (Lipinski definition) is 3. The van der Waals surface area contributed by atoms with Crippen molar-refractivity contribution >= 4 is 0 Å². The summed E-state index contributed by atoms with van der Waals surface area (Å²) in [5.41, 5.74) is 1.47. The quantitative estimate of drug-likeness (QED) is 0.726. The third-order valence-corrected chi connectivity index (χ3v) is 3.22. The largest absolute Gasteiger partial charge is 0.491 e. The Morgan fingerprint density at radius 2 is 1.94 bits per heavy atom. The zero-order valence-electron chi connectivity index (χ0n) is 11.4. The Morgan fingerprint density at radius 3 is 2.44 bits per heavy atom. The maximum Gasteiger partial charge on any atom is 0.119 e. The van der Waals surface area contributed by atoms with Gasteiger partial charge in [-0.05, 0) is 24.6 Å². The van der Waals surface area contributed by atoms with Crippen LogP contribution in [0, 0.1) is 5.41 Å². The van der Waals surface area contributed by atoms with Gasteiger partial charge in [0.25, 0.3) is 0 Å². The normalized spacial score (nSPS) is 21.4. The monoisotopic (exact) mass is 250 g/mol. The van der Waals surface area contributed by atoms with E-state index >= 15 is 0 Å². The van der Waals surface area contributed by atoms with Crippen molar-refractivity contribution in [2.75, 3.05) is 26.4 Å². The van der Waals surface area contributed by atoms with E-state index in [2.05, 4.69) is 26.0 Å². The molecule has 1 unspecified atom stereocenters. The highest BCUT2D eigenvalue weighted by Crippen LogP contribution is 2.45. The van der Waals surface area contributed by atoms with Crippen LogP contribution in [0.1, 0.15) is 32.4 Å². The molecule has 1 aliphatic heterocycles. The molecule has 1 fully saturated rings. The minimum Gasteiger partial charge on any atom is -0.491 e. The van der Waals surface area contributed by atoms with E-state index in [1.807, 2.05) is 19.1 Å². The Bertz CT molecular complexity index is 370. The summed E-state index contributed by atoms with van der Waals surface area (Å²) in [6, 6.07) is 8.17. The Kier molecular flexibility index (Phi) is 4.25. The molecular formula is C15H22O3. The average molecular weight is 250 g/mol. The first kappa shape index (κ1) is 13.4. The third-order valence-electron chi connectivity index (χ3n) is 3.22. The fourth-order valence-electron chi connectivity index (χ4n) is 2.15. The lowest BCUT2D eigenvalue weighted by molar-refractivity contribution is -0.172. The molecule has 1 heterocycles. The molecule has 3 nitrogen and oxygen atoms in total. The predicted octanol–water partition coefficient (Wildman–Crippen LogP) is 3.20. The van der Waals surface area contributed by atoms with Crippen LogP contribution in [-0.2, 0) is 9.47 Å². The van der Waals surface area contributed by atoms with Crippen molar-refractivity contribution in [1.29, 1.82) is 0 Å². The highest BCUT2D eigenvalue weighted by Gasteiger charge is 2.40. The zero-order chi connectivity index (χ0) is 13.0. The van der Waals surface area contributed by atoms with Gasteiger partial charge in [0.1, 0.15) is 12.4 Å². The standard InChI is InChI=1S/C15H22O3/c1-4-16-9-10-17-13-7-5-12(6-8-13)14-15(2,3)11-18-14/h5-8,14H,4,9-11H2,1-3H3. The zero-order valence-corrected chi connectivity index (χ0v) is 11.4. The van der Waals surface area contributed by atoms with Gasteiger partial charge < -0.3 is 14.2 Å². The Morgan fingerprint density at radius 1 is 1.22 bits per heavy atom. The smallest absolute Gasteiger partial charge is 0.119 e. The Hall–Kier alpha value is -1.06. The number of hydrogen-bond donors (Lipinski definition) is 0. The van der Waals surface area contributed by atoms with Gasteiger partial charge in [-0.1, -0.05) is 26.0 Å². The highest BCUT2D eigenvalue weighted by molar-refractivity contribution is 5.30. The van der Waals surface area contributed by atoms with Crippen molar-refractivity contribution in [1.82, 2.24) is 0 Å². The first-order valence-electron chi connectivity index (χ1n) is 6.55. The minimum absolute atomic E-state index is 0.218. The van der Waals surface area contributed by atoms with Gasteiger partial charge in [0, 0.05) is 12.0 Å². The summed E-state index contributed by atoms with van der Waals surface area (Å²) in [6.07, 6.45) is 0.218. The summed E-state index contributed by atoms with van der Waals surface area (Å²) >= 11 is 0. The van der Waals surface area contributed by atoms with E-state index in [9.17, 15) is 0 Å². The second-order valence-electron chi connectivity index (χ2n) is 5.29. The number of benzene rings is 1. The second-order valence-corrected chi connectivity index (χ2v) is 5.29. The maximum atomic E-state index is 5.62. The molecule has 0 spiro atoms. The van der Waals surface area contributed by atoms with Gasteiger partial charge in [0.05, 0.1) is 19.3 Å². The number of rotatable bonds is 6. The van der Waals surface area contributed by atoms with E-state index in [0.29, 0.717) is 13.2 Å². The highest BCUT2D eigenvalue weighted by atomic mass is 16.5. The Labute approximate surface area is 109 Å². The van der Waals surface area contributed by atoms with Crippen LogP contribution in [0.4, 0.5) is 0 Å². The lowest BCUT2D eigenvalue weighted by atomic mass is 9.79. The van der Waals surface area contributed by atoms with Gasteiger partial charge in [0.2, 0.25) is 0 Å². The van der Waals surface area contributed by atoms with Crippen LogP contribution in [0.3, 0.4) is 0 Å². The fraction of sp³-hybridized carbons (Fsp3) is 0.600. The molecule has 0 amide bonds. The van der Waals surface area contributed by atoms with Gasteiger partial charge in [-0.3, -0.25) is 0 Å². The van der Waals surface area contributed by atoms with Crippen LogP contribution in [0.25, 0.3) is 0 Å². The predicted molar refractivity (Wildman–Crippen MR) is 70.9 cm³/mol. The van der Waals surface area contributed by atoms with Gasteiger partial charge >= 0.3 is 0 Å². The van der Waals surface area contributed by atoms with Crippen LogP contribution in [-0.4, -0.2) is 26.4 Å². The lowest BCUT2D eigenvalue weighted by Gasteiger charge is -2.44. The van der Waals surface area contributed by atoms with E-state index in [-0.39, 0.29) is 11.5 Å². The fourth-order valence-corrected chi connectivity index (χ4v) is 2.15. The molecule has 0 aromatic heterocycles. The van der Waals surface area contributed by atoms with Crippen LogP contribution in [0.15, 0.2) is 24.3 Å². The van der Waals surface area contributed by atoms with Crippen molar-refractivity contribution in [2.24, 2.45) is 5.41 Å². The SMILES string of the molecule is CCOCCOc1ccc(C2OCC2(C)C)cc1. The molecule has 0 radical (unpaired) electrons. The molecule has 1 aliphatic rings. The van der Waals surface area contributed by atoms with E-state index in [4.69, 9.17) is 14.2 Å². The molecule has 0 saturated carbocycles. The molecule has 1 atom stereocenters. The van der Waals surface area contributed by atoms with E-state index in [1.165, 1.54) is 5.56 Å². The molecule has 0 N–H and O–H groups in total. The van der Waals surface area contributed by atoms with Gasteiger partial charge in [-0.2, -0.15) is 0 Å². The molecule has 0 aliphatic carbocycles. The molecule has 3 heteroatoms. The summed E-state index contributed by atoms with van der Waals surface area (Å²) in [5.74, 6) is 0.885. The lowest BCUT2D eigenvalue weighted by Crippen LogP contribution is -2.40. The third kappa shape index (κ3) is 3.03. The number of ether oxygens (including phenoxy) is 3. The second kappa shape index (κ2) is 5.72. The van der Waals surface area contributed by atoms with Crippen LogP contribution >= 0.6 is 0 Å². The summed E-state index contributed by atoms with van der Waals surface area (Å²) in [4.78, 5) is 0. The van der Waals surface area contributed by atoms with Crippen molar-refractivity contribution in [3.63, 3.8) is 0 Å². The van der Waals surface area contributed by atoms with Gasteiger partial charge in [0.15, 0.2) is 0 Å². The molecule has 1 aromatic rings. The maximum absolute atomic E-state index is 5.62. The molecule has 18 heavy (non-hydrogen) atoms. The molecule has 100 valence electrons. The molecule has 0 bridgehead atoms. The van der Waals surface area contributed by atoms with Crippen LogP contribution in [0.5, 0.6) is 5.75 Å². The van der Waals surface area contributed by atoms with Crippen LogP contribution < -0.4 is 4.74 Å². The molecule has 1 aromatic carbocycles. The van der Waals surface area contributed by atoms with Crippen LogP contribution in [0.2, 0.25) is 0 Å². The van der Waals surface area contributed by atoms with E-state index < -0.39 is 0 Å². The van der Waals surface area contributed by atoms with Crippen molar-refractivity contribution in [3.05, 3.63) is 29.8 Å². The summed E-state index contributed by atoms with van der Waals surface area (Å²) in [7, 11) is 0. The van der Waals surface area contributed by atoms with E-state index in [0.717, 1.165) is 19.0 Å². The van der Waals surface area contributed by atoms with Gasteiger partial charge in [-0.15, -0.1) is 0 Å². The van der Waals surface area contributed by atoms with Gasteiger partial charge in [-0.25, -0.2) is 0 Å². The first-order chi connectivity index (χ1) is 8.63. The summed E-state index contributed by atoms with van der Waals surface area (Å²) < 4.78 is 16.4. The molecule has 1 saturated heterocycles. The Balaban J connectivity index is 1.86. The summed E-state index contributed by atoms with van der Waals surface area (Å²) in [6.45, 7) is 9.24. The van der Waals surface area contributed by atoms with Crippen molar-refractivity contribution in [2.45, 2.75) is 26.9 Å². The van der Waals surface area contributed by atoms with E-state index in [1.54, 1.807) is 0 Å². The minimum atomic E-state index is 0.218. The average Bonchev–Trinajstić information content (AvgIpc) is 2.35. The summed E-state index contributed by atoms with van der Waals surface area (Å²) in [5, 5.41) is 0. The molecular weight excluding hydrogens is 228 g/mol. The van der Waals surface area contributed by atoms with Crippen molar-refractivity contribution < 1.29 is 14.2 Å². The first-order valence-corrected chi connectivity index (χ1v) is 6.55. The molecule has 2 rings (SSSR count). The topological polar surface area (TPSA) is 27.7 Å².